The van der Waals surface area contributed by atoms with Crippen molar-refractivity contribution in [2.24, 2.45) is 0 Å². The standard InChI is InChI=1S/C82H72N3O2.Pt/c1-49-24-21-25-50(2)77(49)85-68-41-38-64(73-60(56-42-54(51-26-15-13-16-27-51)44-58(46-56)79(3,4)5)31-22-32-61(73)57-43-55(52-28-17-14-18-29-52)45-59(47-57)80(6,7)8)72(53-36-37-63-62-30-19-20-35-70(62)87-71(63)48-53)76(68)84-78(85)67-40-39-66-75(83-67)74-65(33-23-34-69(74)86)81(9,10)82(66,11)12;/h13-35,37-48,86H,1-12H3;/q-1;. The molecule has 0 aliphatic heterocycles. The summed E-state index contributed by atoms with van der Waals surface area (Å²) in [5.41, 5.74) is 25.4. The van der Waals surface area contributed by atoms with Crippen LogP contribution < -0.4 is 0 Å². The van der Waals surface area contributed by atoms with E-state index in [0.29, 0.717) is 11.5 Å². The molecule has 10 aromatic carbocycles. The smallest absolute Gasteiger partial charge is 0.163 e. The maximum atomic E-state index is 11.9. The molecule has 0 atom stereocenters. The Balaban J connectivity index is 0.00000714. The summed E-state index contributed by atoms with van der Waals surface area (Å²) in [6.07, 6.45) is 0. The predicted octanol–water partition coefficient (Wildman–Crippen LogP) is 21.9. The number of aromatic hydroxyl groups is 1. The molecule has 0 spiro atoms. The van der Waals surface area contributed by atoms with Crippen molar-refractivity contribution in [3.05, 3.63) is 252 Å². The van der Waals surface area contributed by atoms with Gasteiger partial charge in [-0.2, -0.15) is 0 Å². The second kappa shape index (κ2) is 21.5. The van der Waals surface area contributed by atoms with Gasteiger partial charge in [-0.25, -0.2) is 9.97 Å². The van der Waals surface area contributed by atoms with Gasteiger partial charge < -0.3 is 9.52 Å². The van der Waals surface area contributed by atoms with E-state index in [0.717, 1.165) is 139 Å². The third kappa shape index (κ3) is 9.56. The number of nitrogens with zero attached hydrogens (tertiary/aromatic N) is 3. The Morgan fingerprint density at radius 3 is 1.64 bits per heavy atom. The average molecular weight is 1330 g/mol. The number of hydrogen-bond donors (Lipinski definition) is 1. The fourth-order valence-electron chi connectivity index (χ4n) is 13.6. The molecule has 438 valence electrons. The van der Waals surface area contributed by atoms with Crippen molar-refractivity contribution in [2.75, 3.05) is 0 Å². The van der Waals surface area contributed by atoms with Crippen LogP contribution in [0.25, 0.3) is 128 Å². The van der Waals surface area contributed by atoms with Gasteiger partial charge in [-0.15, -0.1) is 23.8 Å². The zero-order chi connectivity index (χ0) is 60.5. The molecule has 0 saturated heterocycles. The number of imidazole rings is 1. The van der Waals surface area contributed by atoms with Crippen LogP contribution in [0.5, 0.6) is 5.75 Å². The van der Waals surface area contributed by atoms with Gasteiger partial charge >= 0.3 is 0 Å². The molecule has 1 aliphatic rings. The van der Waals surface area contributed by atoms with Crippen LogP contribution in [0.3, 0.4) is 0 Å². The van der Waals surface area contributed by atoms with Gasteiger partial charge in [0.25, 0.3) is 0 Å². The van der Waals surface area contributed by atoms with Crippen LogP contribution in [0.2, 0.25) is 0 Å². The number of furan rings is 1. The number of rotatable bonds is 8. The summed E-state index contributed by atoms with van der Waals surface area (Å²) >= 11 is 0. The van der Waals surface area contributed by atoms with Crippen LogP contribution in [0.1, 0.15) is 103 Å². The number of phenolic OH excluding ortho intramolecular Hbond substituents is 1. The Morgan fingerprint density at radius 1 is 0.466 bits per heavy atom. The largest absolute Gasteiger partial charge is 0.507 e. The van der Waals surface area contributed by atoms with Crippen LogP contribution >= 0.6 is 0 Å². The van der Waals surface area contributed by atoms with Crippen molar-refractivity contribution in [3.8, 4) is 101 Å². The van der Waals surface area contributed by atoms with Crippen LogP contribution in [0.15, 0.2) is 217 Å². The van der Waals surface area contributed by atoms with Gasteiger partial charge in [0.15, 0.2) is 5.82 Å². The molecule has 0 radical (unpaired) electrons. The van der Waals surface area contributed by atoms with Crippen LogP contribution in [-0.2, 0) is 42.7 Å². The van der Waals surface area contributed by atoms with E-state index < -0.39 is 0 Å². The summed E-state index contributed by atoms with van der Waals surface area (Å²) in [6.45, 7) is 27.4. The van der Waals surface area contributed by atoms with E-state index in [1.807, 2.05) is 18.2 Å². The molecule has 0 amide bonds. The second-order valence-corrected chi connectivity index (χ2v) is 27.2. The third-order valence-electron chi connectivity index (χ3n) is 19.2. The first-order valence-corrected chi connectivity index (χ1v) is 30.5. The number of aryl methyl sites for hydroxylation is 2. The summed E-state index contributed by atoms with van der Waals surface area (Å²) in [5, 5.41) is 13.9. The first-order valence-electron chi connectivity index (χ1n) is 30.5. The molecule has 88 heavy (non-hydrogen) atoms. The fraction of sp³-hybridized carbons (Fsp3) is 0.195. The molecule has 1 aliphatic carbocycles. The number of benzene rings is 10. The molecular weight excluding hydrogens is 1250 g/mol. The van der Waals surface area contributed by atoms with Crippen molar-refractivity contribution in [3.63, 3.8) is 0 Å². The van der Waals surface area contributed by atoms with Crippen molar-refractivity contribution >= 4 is 33.0 Å². The minimum atomic E-state index is -0.331. The van der Waals surface area contributed by atoms with Gasteiger partial charge in [0.2, 0.25) is 0 Å². The van der Waals surface area contributed by atoms with E-state index >= 15 is 0 Å². The van der Waals surface area contributed by atoms with E-state index in [1.54, 1.807) is 6.07 Å². The fourth-order valence-corrected chi connectivity index (χ4v) is 13.6. The molecule has 3 aromatic heterocycles. The molecule has 0 saturated carbocycles. The third-order valence-corrected chi connectivity index (χ3v) is 19.2. The Kier molecular flexibility index (Phi) is 14.2. The maximum absolute atomic E-state index is 11.9. The number of aromatic nitrogens is 3. The molecular formula is C82H72N3O2Pt-. The zero-order valence-electron chi connectivity index (χ0n) is 52.2. The minimum absolute atomic E-state index is 0. The van der Waals surface area contributed by atoms with E-state index in [-0.39, 0.29) is 48.5 Å². The first-order chi connectivity index (χ1) is 41.7. The predicted molar refractivity (Wildman–Crippen MR) is 363 cm³/mol. The van der Waals surface area contributed by atoms with E-state index in [4.69, 9.17) is 14.4 Å². The van der Waals surface area contributed by atoms with Crippen molar-refractivity contribution in [2.45, 2.75) is 105 Å². The number of para-hydroxylation sites is 2. The topological polar surface area (TPSA) is 64.1 Å². The number of hydrogen-bond acceptors (Lipinski definition) is 4. The number of fused-ring (bicyclic) bond motifs is 7. The average Bonchev–Trinajstić information content (AvgIpc) is 1.02. The zero-order valence-corrected chi connectivity index (χ0v) is 54.5. The SMILES string of the molecule is Cc1cccc(C)c1-n1c(-c2ccc3c(n2)-c2c(O)cccc2C(C)(C)C3(C)C)nc2c(-c3[c-]cc4c(c3)oc3ccccc34)c(-c3c(-c4cc(-c5ccccc5)cc(C(C)(C)C)c4)cccc3-c3cc(-c4ccccc4)cc(C(C)(C)C)c3)ccc21.[Pt]. The van der Waals surface area contributed by atoms with Gasteiger partial charge in [0.1, 0.15) is 17.0 Å². The van der Waals surface area contributed by atoms with Gasteiger partial charge in [0.05, 0.1) is 28.0 Å². The summed E-state index contributed by atoms with van der Waals surface area (Å²) in [6, 6.07) is 80.6. The molecule has 5 nitrogen and oxygen atoms in total. The molecule has 13 aromatic rings. The van der Waals surface area contributed by atoms with Crippen molar-refractivity contribution in [1.29, 1.82) is 0 Å². The summed E-state index contributed by atoms with van der Waals surface area (Å²) in [5.74, 6) is 0.910. The summed E-state index contributed by atoms with van der Waals surface area (Å²) in [7, 11) is 0. The number of pyridine rings is 1. The molecule has 6 heteroatoms. The molecule has 14 rings (SSSR count). The Hall–Kier alpha value is -8.89. The minimum Gasteiger partial charge on any atom is -0.507 e. The van der Waals surface area contributed by atoms with Gasteiger partial charge in [-0.3, -0.25) is 4.57 Å². The number of phenols is 1. The van der Waals surface area contributed by atoms with Gasteiger partial charge in [0, 0.05) is 32.0 Å². The molecule has 3 heterocycles. The maximum Gasteiger partial charge on any atom is 0.163 e. The Morgan fingerprint density at radius 2 is 1.02 bits per heavy atom. The first kappa shape index (κ1) is 58.1. The summed E-state index contributed by atoms with van der Waals surface area (Å²) < 4.78 is 9.13. The van der Waals surface area contributed by atoms with Crippen molar-refractivity contribution < 1.29 is 30.6 Å². The Bertz CT molecular complexity index is 4770. The monoisotopic (exact) mass is 1330 g/mol. The quantitative estimate of drug-likeness (QED) is 0.154. The van der Waals surface area contributed by atoms with Gasteiger partial charge in [-0.1, -0.05) is 244 Å². The van der Waals surface area contributed by atoms with E-state index in [2.05, 4.69) is 282 Å². The van der Waals surface area contributed by atoms with E-state index in [1.165, 1.54) is 11.1 Å². The van der Waals surface area contributed by atoms with Crippen LogP contribution in [-0.4, -0.2) is 19.6 Å². The van der Waals surface area contributed by atoms with E-state index in [9.17, 15) is 5.11 Å². The molecule has 0 bridgehead atoms. The van der Waals surface area contributed by atoms with Crippen LogP contribution in [0.4, 0.5) is 0 Å². The molecule has 1 N–H and O–H groups in total. The Labute approximate surface area is 532 Å². The molecule has 0 unspecified atom stereocenters. The second-order valence-electron chi connectivity index (χ2n) is 27.2. The summed E-state index contributed by atoms with van der Waals surface area (Å²) in [4.78, 5) is 11.7. The van der Waals surface area contributed by atoms with Crippen molar-refractivity contribution in [1.82, 2.24) is 14.5 Å². The molecule has 0 fully saturated rings. The van der Waals surface area contributed by atoms with Gasteiger partial charge in [-0.05, 0) is 161 Å². The van der Waals surface area contributed by atoms with Crippen LogP contribution in [0, 0.1) is 19.9 Å². The normalized spacial score (nSPS) is 13.6.